The maximum Gasteiger partial charge on any atom is 0.187 e. The highest BCUT2D eigenvalue weighted by Crippen LogP contribution is 2.35. The highest BCUT2D eigenvalue weighted by molar-refractivity contribution is 5.67. The van der Waals surface area contributed by atoms with E-state index in [4.69, 9.17) is 14.2 Å². The molecule has 7 heteroatoms. The summed E-state index contributed by atoms with van der Waals surface area (Å²) in [6, 6.07) is 5.79. The zero-order valence-electron chi connectivity index (χ0n) is 13.6. The fraction of sp³-hybridized carbons (Fsp3) is 0.588. The lowest BCUT2D eigenvalue weighted by Gasteiger charge is -2.29. The molecule has 130 valence electrons. The van der Waals surface area contributed by atoms with Crippen LogP contribution in [-0.4, -0.2) is 76.0 Å². The van der Waals surface area contributed by atoms with Crippen LogP contribution in [0.4, 0.5) is 5.69 Å². The van der Waals surface area contributed by atoms with Crippen LogP contribution in [0.2, 0.25) is 0 Å². The highest BCUT2D eigenvalue weighted by atomic mass is 16.6. The minimum atomic E-state index is -0.541. The van der Waals surface area contributed by atoms with E-state index >= 15 is 0 Å². The summed E-state index contributed by atoms with van der Waals surface area (Å²) in [5, 5.41) is 3.35. The molecule has 0 spiro atoms. The van der Waals surface area contributed by atoms with Crippen molar-refractivity contribution in [2.24, 2.45) is 0 Å². The van der Waals surface area contributed by atoms with Crippen molar-refractivity contribution >= 4 is 12.0 Å². The number of carbonyl (C=O) groups excluding carboxylic acids is 1. The molecule has 2 fully saturated rings. The van der Waals surface area contributed by atoms with E-state index in [9.17, 15) is 4.79 Å². The fourth-order valence-corrected chi connectivity index (χ4v) is 3.49. The third kappa shape index (κ3) is 3.19. The molecule has 1 N–H and O–H groups in total. The van der Waals surface area contributed by atoms with Crippen LogP contribution in [0.25, 0.3) is 0 Å². The summed E-state index contributed by atoms with van der Waals surface area (Å²) in [5.74, 6) is 1.49. The van der Waals surface area contributed by atoms with Gasteiger partial charge in [0, 0.05) is 51.0 Å². The number of carbonyl (C=O) groups is 1. The van der Waals surface area contributed by atoms with Crippen molar-refractivity contribution in [1.29, 1.82) is 0 Å². The Morgan fingerprint density at radius 3 is 2.75 bits per heavy atom. The van der Waals surface area contributed by atoms with Gasteiger partial charge in [-0.25, -0.2) is 0 Å². The van der Waals surface area contributed by atoms with Crippen molar-refractivity contribution in [1.82, 2.24) is 10.2 Å². The number of hydrogen-bond donors (Lipinski definition) is 1. The van der Waals surface area contributed by atoms with Gasteiger partial charge >= 0.3 is 0 Å². The van der Waals surface area contributed by atoms with Crippen LogP contribution in [0.1, 0.15) is 0 Å². The Kier molecular flexibility index (Phi) is 4.55. The molecule has 3 aliphatic rings. The SMILES string of the molecule is O=CC1O[C@H](CN2CCNCC2)CN1c1ccc2c(c1)OCCO2. The lowest BCUT2D eigenvalue weighted by molar-refractivity contribution is -0.117. The first-order chi connectivity index (χ1) is 11.8. The molecular weight excluding hydrogens is 310 g/mol. The van der Waals surface area contributed by atoms with Gasteiger partial charge in [0.1, 0.15) is 13.2 Å². The van der Waals surface area contributed by atoms with Crippen molar-refractivity contribution in [3.63, 3.8) is 0 Å². The summed E-state index contributed by atoms with van der Waals surface area (Å²) in [6.07, 6.45) is 0.362. The van der Waals surface area contributed by atoms with Crippen molar-refractivity contribution in [2.75, 3.05) is 57.4 Å². The molecular formula is C17H23N3O4. The quantitative estimate of drug-likeness (QED) is 0.784. The maximum atomic E-state index is 11.5. The van der Waals surface area contributed by atoms with Gasteiger partial charge < -0.3 is 24.4 Å². The average Bonchev–Trinajstić information content (AvgIpc) is 3.05. The number of ether oxygens (including phenoxy) is 3. The van der Waals surface area contributed by atoms with Crippen molar-refractivity contribution in [3.05, 3.63) is 18.2 Å². The van der Waals surface area contributed by atoms with Gasteiger partial charge in [-0.2, -0.15) is 0 Å². The molecule has 0 aliphatic carbocycles. The van der Waals surface area contributed by atoms with Crippen LogP contribution in [-0.2, 0) is 9.53 Å². The summed E-state index contributed by atoms with van der Waals surface area (Å²) in [4.78, 5) is 15.9. The Balaban J connectivity index is 1.46. The summed E-state index contributed by atoms with van der Waals surface area (Å²) >= 11 is 0. The summed E-state index contributed by atoms with van der Waals surface area (Å²) in [7, 11) is 0. The first-order valence-corrected chi connectivity index (χ1v) is 8.53. The number of fused-ring (bicyclic) bond motifs is 1. The highest BCUT2D eigenvalue weighted by Gasteiger charge is 2.34. The van der Waals surface area contributed by atoms with Crippen molar-refractivity contribution in [2.45, 2.75) is 12.3 Å². The smallest absolute Gasteiger partial charge is 0.187 e. The number of aldehydes is 1. The van der Waals surface area contributed by atoms with Gasteiger partial charge in [-0.15, -0.1) is 0 Å². The zero-order valence-corrected chi connectivity index (χ0v) is 13.6. The van der Waals surface area contributed by atoms with E-state index in [0.717, 1.165) is 56.2 Å². The van der Waals surface area contributed by atoms with E-state index in [0.29, 0.717) is 19.8 Å². The molecule has 7 nitrogen and oxygen atoms in total. The van der Waals surface area contributed by atoms with E-state index in [2.05, 4.69) is 10.2 Å². The summed E-state index contributed by atoms with van der Waals surface area (Å²) < 4.78 is 17.2. The van der Waals surface area contributed by atoms with Crippen molar-refractivity contribution in [3.8, 4) is 11.5 Å². The molecule has 0 radical (unpaired) electrons. The molecule has 1 unspecified atom stereocenters. The van der Waals surface area contributed by atoms with Crippen LogP contribution < -0.4 is 19.7 Å². The first kappa shape index (κ1) is 15.7. The molecule has 24 heavy (non-hydrogen) atoms. The predicted molar refractivity (Wildman–Crippen MR) is 88.8 cm³/mol. The summed E-state index contributed by atoms with van der Waals surface area (Å²) in [6.45, 7) is 6.75. The Morgan fingerprint density at radius 2 is 1.96 bits per heavy atom. The van der Waals surface area contributed by atoms with E-state index in [1.54, 1.807) is 0 Å². The Bertz CT molecular complexity index is 591. The molecule has 1 aromatic rings. The zero-order chi connectivity index (χ0) is 16.4. The second-order valence-corrected chi connectivity index (χ2v) is 6.32. The van der Waals surface area contributed by atoms with Gasteiger partial charge in [0.05, 0.1) is 6.10 Å². The molecule has 1 aromatic carbocycles. The fourth-order valence-electron chi connectivity index (χ4n) is 3.49. The van der Waals surface area contributed by atoms with E-state index in [1.807, 2.05) is 23.1 Å². The number of rotatable bonds is 4. The number of hydrogen-bond acceptors (Lipinski definition) is 7. The first-order valence-electron chi connectivity index (χ1n) is 8.53. The molecule has 0 saturated carbocycles. The molecule has 0 bridgehead atoms. The third-order valence-electron chi connectivity index (χ3n) is 4.68. The lowest BCUT2D eigenvalue weighted by Crippen LogP contribution is -2.46. The Hall–Kier alpha value is -1.83. The van der Waals surface area contributed by atoms with Crippen LogP contribution in [0, 0.1) is 0 Å². The second-order valence-electron chi connectivity index (χ2n) is 6.32. The van der Waals surface area contributed by atoms with Crippen molar-refractivity contribution < 1.29 is 19.0 Å². The van der Waals surface area contributed by atoms with Crippen LogP contribution in [0.15, 0.2) is 18.2 Å². The minimum Gasteiger partial charge on any atom is -0.486 e. The molecule has 2 atom stereocenters. The van der Waals surface area contributed by atoms with Gasteiger partial charge in [-0.1, -0.05) is 0 Å². The van der Waals surface area contributed by atoms with Gasteiger partial charge in [-0.3, -0.25) is 9.69 Å². The van der Waals surface area contributed by atoms with Gasteiger partial charge in [0.25, 0.3) is 0 Å². The topological polar surface area (TPSA) is 63.3 Å². The van der Waals surface area contributed by atoms with E-state index in [1.165, 1.54) is 0 Å². The Morgan fingerprint density at radius 1 is 1.17 bits per heavy atom. The van der Waals surface area contributed by atoms with Crippen LogP contribution in [0.5, 0.6) is 11.5 Å². The molecule has 3 heterocycles. The van der Waals surface area contributed by atoms with Crippen LogP contribution >= 0.6 is 0 Å². The molecule has 0 amide bonds. The average molecular weight is 333 g/mol. The Labute approximate surface area is 141 Å². The second kappa shape index (κ2) is 6.96. The predicted octanol–water partition coefficient (Wildman–Crippen LogP) is 0.0932. The number of benzene rings is 1. The maximum absolute atomic E-state index is 11.5. The number of anilines is 1. The number of nitrogens with zero attached hydrogens (tertiary/aromatic N) is 2. The molecule has 4 rings (SSSR count). The monoisotopic (exact) mass is 333 g/mol. The van der Waals surface area contributed by atoms with E-state index in [-0.39, 0.29) is 6.10 Å². The minimum absolute atomic E-state index is 0.0338. The third-order valence-corrected chi connectivity index (χ3v) is 4.68. The summed E-state index contributed by atoms with van der Waals surface area (Å²) in [5.41, 5.74) is 0.930. The van der Waals surface area contributed by atoms with E-state index < -0.39 is 6.23 Å². The largest absolute Gasteiger partial charge is 0.486 e. The number of piperazine rings is 1. The number of nitrogens with one attached hydrogen (secondary N) is 1. The standard InChI is InChI=1S/C17H23N3O4/c21-12-17-20(11-14(24-17)10-19-5-3-18-4-6-19)13-1-2-15-16(9-13)23-8-7-22-15/h1-2,9,12,14,17-18H,3-8,10-11H2/t14-,17?/m1/s1. The van der Waals surface area contributed by atoms with Gasteiger partial charge in [-0.05, 0) is 12.1 Å². The molecule has 0 aromatic heterocycles. The van der Waals surface area contributed by atoms with Gasteiger partial charge in [0.15, 0.2) is 24.0 Å². The van der Waals surface area contributed by atoms with Crippen LogP contribution in [0.3, 0.4) is 0 Å². The lowest BCUT2D eigenvalue weighted by atomic mass is 10.2. The van der Waals surface area contributed by atoms with Gasteiger partial charge in [0.2, 0.25) is 0 Å². The molecule has 2 saturated heterocycles. The normalized spacial score (nSPS) is 27.2. The molecule has 3 aliphatic heterocycles.